The SMILES string of the molecule is CCCCN(C)c1nc2c(s1)CCCC2=O. The second-order valence-corrected chi connectivity index (χ2v) is 5.38. The van der Waals surface area contributed by atoms with Gasteiger partial charge in [-0.15, -0.1) is 11.3 Å². The Morgan fingerprint density at radius 3 is 2.94 bits per heavy atom. The third-order valence-corrected chi connectivity index (χ3v) is 4.16. The van der Waals surface area contributed by atoms with Crippen LogP contribution in [0.3, 0.4) is 0 Å². The number of carbonyl (C=O) groups is 1. The summed E-state index contributed by atoms with van der Waals surface area (Å²) < 4.78 is 0. The first kappa shape index (κ1) is 11.6. The number of anilines is 1. The summed E-state index contributed by atoms with van der Waals surface area (Å²) in [5.41, 5.74) is 0.745. The van der Waals surface area contributed by atoms with Crippen molar-refractivity contribution in [2.24, 2.45) is 0 Å². The van der Waals surface area contributed by atoms with Gasteiger partial charge in [0.25, 0.3) is 0 Å². The minimum Gasteiger partial charge on any atom is -0.351 e. The smallest absolute Gasteiger partial charge is 0.185 e. The molecule has 0 bridgehead atoms. The standard InChI is InChI=1S/C12H18N2OS/c1-3-4-8-14(2)12-13-11-9(15)6-5-7-10(11)16-12/h3-8H2,1-2H3. The average molecular weight is 238 g/mol. The van der Waals surface area contributed by atoms with E-state index in [4.69, 9.17) is 0 Å². The van der Waals surface area contributed by atoms with Crippen LogP contribution in [-0.4, -0.2) is 24.4 Å². The molecule has 0 aromatic carbocycles. The predicted molar refractivity (Wildman–Crippen MR) is 67.6 cm³/mol. The lowest BCUT2D eigenvalue weighted by Gasteiger charge is -2.14. The maximum Gasteiger partial charge on any atom is 0.185 e. The first-order valence-corrected chi connectivity index (χ1v) is 6.78. The van der Waals surface area contributed by atoms with E-state index in [0.717, 1.165) is 30.2 Å². The van der Waals surface area contributed by atoms with Gasteiger partial charge in [-0.2, -0.15) is 0 Å². The monoisotopic (exact) mass is 238 g/mol. The summed E-state index contributed by atoms with van der Waals surface area (Å²) in [6.45, 7) is 3.21. The molecule has 4 heteroatoms. The van der Waals surface area contributed by atoms with Crippen molar-refractivity contribution in [2.45, 2.75) is 39.0 Å². The van der Waals surface area contributed by atoms with E-state index >= 15 is 0 Å². The summed E-state index contributed by atoms with van der Waals surface area (Å²) >= 11 is 1.69. The largest absolute Gasteiger partial charge is 0.351 e. The van der Waals surface area contributed by atoms with Crippen molar-refractivity contribution in [1.82, 2.24) is 4.98 Å². The molecule has 0 aliphatic heterocycles. The molecule has 1 heterocycles. The molecule has 1 aromatic heterocycles. The van der Waals surface area contributed by atoms with Crippen LogP contribution in [0.25, 0.3) is 0 Å². The van der Waals surface area contributed by atoms with Crippen LogP contribution in [0.4, 0.5) is 5.13 Å². The Labute approximate surface area is 100 Å². The van der Waals surface area contributed by atoms with Crippen LogP contribution in [0.1, 0.15) is 48.0 Å². The zero-order valence-corrected chi connectivity index (χ0v) is 10.8. The molecule has 0 saturated carbocycles. The molecule has 0 spiro atoms. The van der Waals surface area contributed by atoms with Crippen molar-refractivity contribution in [3.63, 3.8) is 0 Å². The highest BCUT2D eigenvalue weighted by Gasteiger charge is 2.23. The van der Waals surface area contributed by atoms with E-state index < -0.39 is 0 Å². The van der Waals surface area contributed by atoms with Gasteiger partial charge in [0.05, 0.1) is 0 Å². The van der Waals surface area contributed by atoms with Crippen LogP contribution >= 0.6 is 11.3 Å². The lowest BCUT2D eigenvalue weighted by Crippen LogP contribution is -2.18. The molecule has 1 aromatic rings. The van der Waals surface area contributed by atoms with Gasteiger partial charge in [0.1, 0.15) is 5.69 Å². The van der Waals surface area contributed by atoms with Gasteiger partial charge < -0.3 is 4.90 Å². The quantitative estimate of drug-likeness (QED) is 0.808. The number of fused-ring (bicyclic) bond motifs is 1. The number of aryl methyl sites for hydroxylation is 1. The molecule has 2 rings (SSSR count). The van der Waals surface area contributed by atoms with Gasteiger partial charge in [-0.3, -0.25) is 4.79 Å². The summed E-state index contributed by atoms with van der Waals surface area (Å²) in [6, 6.07) is 0. The highest BCUT2D eigenvalue weighted by molar-refractivity contribution is 7.16. The second-order valence-electron chi connectivity index (χ2n) is 4.32. The molecule has 0 atom stereocenters. The summed E-state index contributed by atoms with van der Waals surface area (Å²) in [4.78, 5) is 19.5. The molecule has 0 radical (unpaired) electrons. The van der Waals surface area contributed by atoms with Gasteiger partial charge in [0.2, 0.25) is 0 Å². The summed E-state index contributed by atoms with van der Waals surface area (Å²) in [5.74, 6) is 0.229. The van der Waals surface area contributed by atoms with Gasteiger partial charge in [-0.05, 0) is 19.3 Å². The van der Waals surface area contributed by atoms with Gasteiger partial charge in [-0.25, -0.2) is 4.98 Å². The fraction of sp³-hybridized carbons (Fsp3) is 0.667. The van der Waals surface area contributed by atoms with Gasteiger partial charge in [0.15, 0.2) is 10.9 Å². The van der Waals surface area contributed by atoms with E-state index in [9.17, 15) is 4.79 Å². The predicted octanol–water partition coefficient (Wildman–Crippen LogP) is 2.90. The molecule has 88 valence electrons. The number of thiazole rings is 1. The fourth-order valence-corrected chi connectivity index (χ4v) is 3.02. The number of hydrogen-bond acceptors (Lipinski definition) is 4. The Kier molecular flexibility index (Phi) is 3.59. The molecule has 0 N–H and O–H groups in total. The van der Waals surface area contributed by atoms with Crippen LogP contribution in [0.5, 0.6) is 0 Å². The number of ketones is 1. The molecule has 0 amide bonds. The van der Waals surface area contributed by atoms with E-state index in [1.807, 2.05) is 0 Å². The molecule has 1 aliphatic rings. The van der Waals surface area contributed by atoms with E-state index in [-0.39, 0.29) is 5.78 Å². The Morgan fingerprint density at radius 1 is 1.44 bits per heavy atom. The van der Waals surface area contributed by atoms with Gasteiger partial charge >= 0.3 is 0 Å². The number of carbonyl (C=O) groups excluding carboxylic acids is 1. The molecular formula is C12H18N2OS. The van der Waals surface area contributed by atoms with Crippen LogP contribution in [0, 0.1) is 0 Å². The van der Waals surface area contributed by atoms with Crippen LogP contribution in [-0.2, 0) is 6.42 Å². The number of aromatic nitrogens is 1. The van der Waals surface area contributed by atoms with Crippen molar-refractivity contribution in [3.8, 4) is 0 Å². The first-order valence-electron chi connectivity index (χ1n) is 5.96. The van der Waals surface area contributed by atoms with E-state index in [1.54, 1.807) is 11.3 Å². The lowest BCUT2D eigenvalue weighted by molar-refractivity contribution is 0.0968. The number of nitrogens with zero attached hydrogens (tertiary/aromatic N) is 2. The first-order chi connectivity index (χ1) is 7.72. The van der Waals surface area contributed by atoms with Crippen molar-refractivity contribution in [1.29, 1.82) is 0 Å². The van der Waals surface area contributed by atoms with Gasteiger partial charge in [-0.1, -0.05) is 13.3 Å². The molecule has 16 heavy (non-hydrogen) atoms. The fourth-order valence-electron chi connectivity index (χ4n) is 1.91. The van der Waals surface area contributed by atoms with Crippen molar-refractivity contribution in [2.75, 3.05) is 18.5 Å². The Morgan fingerprint density at radius 2 is 2.25 bits per heavy atom. The Balaban J connectivity index is 2.14. The van der Waals surface area contributed by atoms with E-state index in [2.05, 4.69) is 23.9 Å². The highest BCUT2D eigenvalue weighted by Crippen LogP contribution is 2.31. The average Bonchev–Trinajstić information content (AvgIpc) is 2.71. The molecular weight excluding hydrogens is 220 g/mol. The topological polar surface area (TPSA) is 33.2 Å². The number of hydrogen-bond donors (Lipinski definition) is 0. The molecule has 0 fully saturated rings. The van der Waals surface area contributed by atoms with E-state index in [1.165, 1.54) is 17.7 Å². The van der Waals surface area contributed by atoms with Crippen molar-refractivity contribution in [3.05, 3.63) is 10.6 Å². The maximum atomic E-state index is 11.7. The number of unbranched alkanes of at least 4 members (excludes halogenated alkanes) is 1. The van der Waals surface area contributed by atoms with Crippen LogP contribution in [0.15, 0.2) is 0 Å². The second kappa shape index (κ2) is 4.95. The summed E-state index contributed by atoms with van der Waals surface area (Å²) in [5, 5.41) is 1.01. The third-order valence-electron chi connectivity index (χ3n) is 2.93. The zero-order chi connectivity index (χ0) is 11.5. The molecule has 1 aliphatic carbocycles. The lowest BCUT2D eigenvalue weighted by atomic mass is 10.0. The molecule has 0 saturated heterocycles. The zero-order valence-electron chi connectivity index (χ0n) is 9.95. The summed E-state index contributed by atoms with van der Waals surface area (Å²) in [6.07, 6.45) is 5.06. The van der Waals surface area contributed by atoms with E-state index in [0.29, 0.717) is 6.42 Å². The van der Waals surface area contributed by atoms with Crippen LogP contribution in [0.2, 0.25) is 0 Å². The van der Waals surface area contributed by atoms with Gasteiger partial charge in [0, 0.05) is 24.9 Å². The summed E-state index contributed by atoms with van der Waals surface area (Å²) in [7, 11) is 2.06. The van der Waals surface area contributed by atoms with Crippen molar-refractivity contribution < 1.29 is 4.79 Å². The normalized spacial score (nSPS) is 15.0. The Hall–Kier alpha value is -0.900. The molecule has 3 nitrogen and oxygen atoms in total. The number of Topliss-reactive ketones (excluding diaryl/α,β-unsaturated/α-hetero) is 1. The Bertz CT molecular complexity index is 386. The highest BCUT2D eigenvalue weighted by atomic mass is 32.1. The molecule has 0 unspecified atom stereocenters. The van der Waals surface area contributed by atoms with Crippen molar-refractivity contribution >= 4 is 22.3 Å². The number of rotatable bonds is 4. The van der Waals surface area contributed by atoms with Crippen LogP contribution < -0.4 is 4.90 Å². The third kappa shape index (κ3) is 2.26. The minimum absolute atomic E-state index is 0.229. The minimum atomic E-state index is 0.229. The maximum absolute atomic E-state index is 11.7.